The average molecular weight is 150 g/mol. The van der Waals surface area contributed by atoms with Gasteiger partial charge in [-0.2, -0.15) is 0 Å². The third kappa shape index (κ3) is 0.869. The predicted octanol–water partition coefficient (Wildman–Crippen LogP) is 1.90. The van der Waals surface area contributed by atoms with Gasteiger partial charge in [0.25, 0.3) is 0 Å². The zero-order valence-corrected chi connectivity index (χ0v) is 6.36. The van der Waals surface area contributed by atoms with Crippen LogP contribution in [0.4, 0.5) is 0 Å². The smallest absolute Gasteiger partial charge is 0.0994 e. The minimum atomic E-state index is 0.798. The van der Waals surface area contributed by atoms with Crippen LogP contribution in [0.1, 0.15) is 0 Å². The topological polar surface area (TPSA) is 17.8 Å². The Morgan fingerprint density at radius 2 is 2.50 bits per heavy atom. The molecule has 0 aliphatic rings. The predicted molar refractivity (Wildman–Crippen MR) is 43.1 cm³/mol. The van der Waals surface area contributed by atoms with Gasteiger partial charge in [-0.05, 0) is 11.9 Å². The Morgan fingerprint density at radius 1 is 1.50 bits per heavy atom. The summed E-state index contributed by atoms with van der Waals surface area (Å²) in [7, 11) is 0.798. The molecule has 0 fully saturated rings. The molecule has 2 aromatic heterocycles. The Kier molecular flexibility index (Phi) is 1.33. The highest BCUT2D eigenvalue weighted by Crippen LogP contribution is 2.18. The fraction of sp³-hybridized carbons (Fsp3) is 0. The van der Waals surface area contributed by atoms with Crippen LogP contribution < -0.4 is 0 Å². The van der Waals surface area contributed by atoms with Gasteiger partial charge < -0.3 is 4.57 Å². The summed E-state index contributed by atoms with van der Waals surface area (Å²) in [5, 5.41) is 0. The molecule has 1 unspecified atom stereocenters. The molecular weight excluding hydrogens is 143 g/mol. The highest BCUT2D eigenvalue weighted by molar-refractivity contribution is 7.32. The van der Waals surface area contributed by atoms with Crippen LogP contribution in [0.15, 0.2) is 36.7 Å². The molecule has 2 rings (SSSR count). The van der Waals surface area contributed by atoms with Crippen LogP contribution in [0.2, 0.25) is 0 Å². The van der Waals surface area contributed by atoms with Gasteiger partial charge in [-0.25, -0.2) is 4.98 Å². The van der Waals surface area contributed by atoms with Crippen LogP contribution in [0.25, 0.3) is 5.42 Å². The maximum atomic E-state index is 3.97. The molecule has 0 spiro atoms. The fourth-order valence-electron chi connectivity index (χ4n) is 0.883. The molecule has 50 valence electrons. The maximum Gasteiger partial charge on any atom is 0.0994 e. The van der Waals surface area contributed by atoms with Gasteiger partial charge in [0.1, 0.15) is 0 Å². The summed E-state index contributed by atoms with van der Waals surface area (Å²) in [5.41, 5.74) is 1.32. The molecule has 2 nitrogen and oxygen atoms in total. The molecule has 0 bridgehead atoms. The van der Waals surface area contributed by atoms with Crippen molar-refractivity contribution >= 4 is 8.19 Å². The summed E-state index contributed by atoms with van der Waals surface area (Å²) < 4.78 is 2.04. The molecule has 2 heterocycles. The molecule has 0 saturated heterocycles. The highest BCUT2D eigenvalue weighted by atomic mass is 31.0. The lowest BCUT2D eigenvalue weighted by Gasteiger charge is -1.93. The van der Waals surface area contributed by atoms with Crippen LogP contribution in [0, 0.1) is 0 Å². The van der Waals surface area contributed by atoms with Crippen LogP contribution in [0.5, 0.6) is 0 Å². The molecule has 0 amide bonds. The van der Waals surface area contributed by atoms with E-state index in [0.717, 1.165) is 8.19 Å². The summed E-state index contributed by atoms with van der Waals surface area (Å²) >= 11 is 0. The molecule has 10 heavy (non-hydrogen) atoms. The van der Waals surface area contributed by atoms with Gasteiger partial charge in [0.15, 0.2) is 0 Å². The van der Waals surface area contributed by atoms with Crippen molar-refractivity contribution in [1.29, 1.82) is 0 Å². The van der Waals surface area contributed by atoms with Crippen LogP contribution in [0.3, 0.4) is 0 Å². The summed E-state index contributed by atoms with van der Waals surface area (Å²) in [5.74, 6) is 2.16. The lowest BCUT2D eigenvalue weighted by molar-refractivity contribution is 1.09. The molecule has 3 heteroatoms. The lowest BCUT2D eigenvalue weighted by atomic mass is 10.6. The Hall–Kier alpha value is -1.01. The van der Waals surface area contributed by atoms with E-state index in [9.17, 15) is 0 Å². The highest BCUT2D eigenvalue weighted by Gasteiger charge is 1.90. The van der Waals surface area contributed by atoms with Crippen LogP contribution in [-0.4, -0.2) is 9.55 Å². The Morgan fingerprint density at radius 3 is 3.10 bits per heavy atom. The summed E-state index contributed by atoms with van der Waals surface area (Å²) in [6.07, 6.45) is 5.58. The van der Waals surface area contributed by atoms with E-state index in [0.29, 0.717) is 0 Å². The zero-order valence-electron chi connectivity index (χ0n) is 5.36. The van der Waals surface area contributed by atoms with E-state index in [2.05, 4.69) is 22.9 Å². The second kappa shape index (κ2) is 2.31. The van der Waals surface area contributed by atoms with Crippen molar-refractivity contribution in [2.45, 2.75) is 0 Å². The first-order chi connectivity index (χ1) is 4.97. The zero-order chi connectivity index (χ0) is 6.81. The van der Waals surface area contributed by atoms with E-state index in [4.69, 9.17) is 0 Å². The Balaban J connectivity index is 2.48. The minimum absolute atomic E-state index is 0.798. The first kappa shape index (κ1) is 5.75. The van der Waals surface area contributed by atoms with Gasteiger partial charge in [0.2, 0.25) is 0 Å². The third-order valence-corrected chi connectivity index (χ3v) is 2.44. The van der Waals surface area contributed by atoms with Gasteiger partial charge in [-0.1, -0.05) is 6.07 Å². The second-order valence-electron chi connectivity index (χ2n) is 2.03. The SMILES string of the molecule is c1c[pH]c(-n2ccnc2)c1. The number of rotatable bonds is 1. The minimum Gasteiger partial charge on any atom is -0.303 e. The fourth-order valence-corrected chi connectivity index (χ4v) is 1.72. The lowest BCUT2D eigenvalue weighted by Crippen LogP contribution is -1.81. The van der Waals surface area contributed by atoms with Crippen molar-refractivity contribution < 1.29 is 0 Å². The maximum absolute atomic E-state index is 3.97. The van der Waals surface area contributed by atoms with Crippen molar-refractivity contribution in [3.8, 4) is 5.42 Å². The molecular formula is C7H7N2P. The van der Waals surface area contributed by atoms with E-state index in [1.165, 1.54) is 5.42 Å². The normalized spacial score (nSPS) is 10.8. The van der Waals surface area contributed by atoms with E-state index < -0.39 is 0 Å². The summed E-state index contributed by atoms with van der Waals surface area (Å²) in [6.45, 7) is 0. The average Bonchev–Trinajstić information content (AvgIpc) is 2.59. The number of hydrogen-bond acceptors (Lipinski definition) is 1. The molecule has 0 aromatic carbocycles. The number of nitrogens with zero attached hydrogens (tertiary/aromatic N) is 2. The molecule has 2 aromatic rings. The summed E-state index contributed by atoms with van der Waals surface area (Å²) in [6, 6.07) is 4.19. The Labute approximate surface area is 60.6 Å². The van der Waals surface area contributed by atoms with Gasteiger partial charge >= 0.3 is 0 Å². The monoisotopic (exact) mass is 150 g/mol. The molecule has 1 atom stereocenters. The van der Waals surface area contributed by atoms with Crippen molar-refractivity contribution in [3.05, 3.63) is 36.7 Å². The second-order valence-corrected chi connectivity index (χ2v) is 3.16. The Bertz CT molecular complexity index is 251. The first-order valence-corrected chi connectivity index (χ1v) is 4.16. The van der Waals surface area contributed by atoms with Crippen LogP contribution in [-0.2, 0) is 0 Å². The van der Waals surface area contributed by atoms with Gasteiger partial charge in [0.05, 0.1) is 11.7 Å². The van der Waals surface area contributed by atoms with E-state index in [-0.39, 0.29) is 0 Å². The first-order valence-electron chi connectivity index (χ1n) is 3.08. The molecule has 0 aliphatic carbocycles. The standard InChI is InChI=1S/C7H7N2P/c1-2-7(10-5-1)9-4-3-8-6-9/h1-6,10H. The van der Waals surface area contributed by atoms with Crippen molar-refractivity contribution in [3.63, 3.8) is 0 Å². The number of imidazole rings is 1. The van der Waals surface area contributed by atoms with Crippen molar-refractivity contribution in [2.24, 2.45) is 0 Å². The van der Waals surface area contributed by atoms with Crippen LogP contribution >= 0.6 is 8.19 Å². The molecule has 0 radical (unpaired) electrons. The number of hydrogen-bond donors (Lipinski definition) is 0. The van der Waals surface area contributed by atoms with Gasteiger partial charge in [-0.3, -0.25) is 0 Å². The summed E-state index contributed by atoms with van der Waals surface area (Å²) in [4.78, 5) is 3.97. The quantitative estimate of drug-likeness (QED) is 0.607. The van der Waals surface area contributed by atoms with Gasteiger partial charge in [-0.15, -0.1) is 8.19 Å². The van der Waals surface area contributed by atoms with Crippen molar-refractivity contribution in [1.82, 2.24) is 9.55 Å². The molecule has 0 aliphatic heterocycles. The van der Waals surface area contributed by atoms with Gasteiger partial charge in [0, 0.05) is 12.4 Å². The number of aromatic nitrogens is 2. The molecule has 0 N–H and O–H groups in total. The van der Waals surface area contributed by atoms with E-state index >= 15 is 0 Å². The van der Waals surface area contributed by atoms with E-state index in [1.54, 1.807) is 6.20 Å². The van der Waals surface area contributed by atoms with Crippen molar-refractivity contribution in [2.75, 3.05) is 0 Å². The largest absolute Gasteiger partial charge is 0.303 e. The van der Waals surface area contributed by atoms with E-state index in [1.807, 2.05) is 17.1 Å². The molecule has 0 saturated carbocycles. The third-order valence-electron chi connectivity index (χ3n) is 1.36.